The highest BCUT2D eigenvalue weighted by molar-refractivity contribution is 6.04. The van der Waals surface area contributed by atoms with Gasteiger partial charge >= 0.3 is 0 Å². The molecule has 172 valence electrons. The molecule has 0 bridgehead atoms. The number of aromatic nitrogens is 1. The molecule has 0 aliphatic carbocycles. The molecule has 1 aromatic heterocycles. The molecule has 0 atom stereocenters. The van der Waals surface area contributed by atoms with E-state index in [2.05, 4.69) is 57.6 Å². The molecule has 5 nitrogen and oxygen atoms in total. The van der Waals surface area contributed by atoms with Crippen LogP contribution in [0.2, 0.25) is 0 Å². The van der Waals surface area contributed by atoms with Gasteiger partial charge in [0.1, 0.15) is 5.75 Å². The van der Waals surface area contributed by atoms with E-state index in [9.17, 15) is 9.90 Å². The third kappa shape index (κ3) is 4.84. The van der Waals surface area contributed by atoms with Crippen molar-refractivity contribution in [3.63, 3.8) is 0 Å². The molecule has 5 heteroatoms. The zero-order valence-corrected chi connectivity index (χ0v) is 19.1. The Morgan fingerprint density at radius 2 is 1.51 bits per heavy atom. The van der Waals surface area contributed by atoms with Crippen LogP contribution in [-0.2, 0) is 11.3 Å². The maximum Gasteiger partial charge on any atom is 0.241 e. The lowest BCUT2D eigenvalue weighted by Gasteiger charge is -2.13. The number of carbonyl (C=O) groups is 1. The van der Waals surface area contributed by atoms with Crippen molar-refractivity contribution in [3.8, 4) is 28.1 Å². The van der Waals surface area contributed by atoms with Gasteiger partial charge in [0, 0.05) is 29.4 Å². The van der Waals surface area contributed by atoms with Crippen LogP contribution in [0.1, 0.15) is 12.0 Å². The van der Waals surface area contributed by atoms with Gasteiger partial charge in [0.25, 0.3) is 0 Å². The summed E-state index contributed by atoms with van der Waals surface area (Å²) in [5.74, 6) is -0.0260. The second kappa shape index (κ2) is 10.1. The van der Waals surface area contributed by atoms with Gasteiger partial charge in [0.2, 0.25) is 5.91 Å². The van der Waals surface area contributed by atoms with Gasteiger partial charge in [0.05, 0.1) is 11.9 Å². The first-order chi connectivity index (χ1) is 17.2. The van der Waals surface area contributed by atoms with Crippen molar-refractivity contribution in [3.05, 3.63) is 115 Å². The molecule has 0 fully saturated rings. The molecule has 4 aromatic carbocycles. The lowest BCUT2D eigenvalue weighted by molar-refractivity contribution is -0.121. The van der Waals surface area contributed by atoms with Gasteiger partial charge in [-0.15, -0.1) is 0 Å². The molecule has 5 rings (SSSR count). The SMILES string of the molecule is O=C(CCn1c(-c2ccccc2)c(-c2ccccc2)c2ccccc21)NN=Cc1cccc(O)c1. The smallest absolute Gasteiger partial charge is 0.241 e. The van der Waals surface area contributed by atoms with Gasteiger partial charge in [-0.3, -0.25) is 4.79 Å². The summed E-state index contributed by atoms with van der Waals surface area (Å²) < 4.78 is 2.23. The zero-order chi connectivity index (χ0) is 24.0. The van der Waals surface area contributed by atoms with Crippen LogP contribution in [0.25, 0.3) is 33.3 Å². The first-order valence-corrected chi connectivity index (χ1v) is 11.5. The molecule has 0 saturated carbocycles. The van der Waals surface area contributed by atoms with Crippen LogP contribution in [0.4, 0.5) is 0 Å². The Morgan fingerprint density at radius 1 is 0.829 bits per heavy atom. The Labute approximate surface area is 204 Å². The van der Waals surface area contributed by atoms with Gasteiger partial charge in [-0.2, -0.15) is 5.10 Å². The summed E-state index contributed by atoms with van der Waals surface area (Å²) >= 11 is 0. The van der Waals surface area contributed by atoms with E-state index in [4.69, 9.17) is 0 Å². The number of amides is 1. The lowest BCUT2D eigenvalue weighted by Crippen LogP contribution is -2.19. The number of rotatable bonds is 7. The Kier molecular flexibility index (Phi) is 6.39. The van der Waals surface area contributed by atoms with Crippen molar-refractivity contribution >= 4 is 23.0 Å². The molecule has 5 aromatic rings. The van der Waals surface area contributed by atoms with Crippen LogP contribution < -0.4 is 5.43 Å². The van der Waals surface area contributed by atoms with E-state index in [-0.39, 0.29) is 18.1 Å². The molecule has 35 heavy (non-hydrogen) atoms. The van der Waals surface area contributed by atoms with Gasteiger partial charge in [-0.25, -0.2) is 5.43 Å². The number of para-hydroxylation sites is 1. The van der Waals surface area contributed by atoms with Crippen molar-refractivity contribution < 1.29 is 9.90 Å². The number of nitrogens with zero attached hydrogens (tertiary/aromatic N) is 2. The number of fused-ring (bicyclic) bond motifs is 1. The molecule has 0 radical (unpaired) electrons. The van der Waals surface area contributed by atoms with E-state index < -0.39 is 0 Å². The zero-order valence-electron chi connectivity index (χ0n) is 19.1. The Balaban J connectivity index is 1.47. The number of benzene rings is 4. The minimum absolute atomic E-state index is 0.155. The highest BCUT2D eigenvalue weighted by Gasteiger charge is 2.20. The maximum absolute atomic E-state index is 12.6. The summed E-state index contributed by atoms with van der Waals surface area (Å²) in [5, 5.41) is 14.8. The van der Waals surface area contributed by atoms with Gasteiger partial charge in [-0.1, -0.05) is 91.0 Å². The fourth-order valence-corrected chi connectivity index (χ4v) is 4.38. The van der Waals surface area contributed by atoms with E-state index in [1.54, 1.807) is 24.3 Å². The number of phenolic OH excluding ortho intramolecular Hbond substituents is 1. The summed E-state index contributed by atoms with van der Waals surface area (Å²) in [4.78, 5) is 12.6. The average Bonchev–Trinajstić information content (AvgIpc) is 3.23. The van der Waals surface area contributed by atoms with Gasteiger partial charge in [0.15, 0.2) is 0 Å². The summed E-state index contributed by atoms with van der Waals surface area (Å²) in [6, 6.07) is 35.7. The third-order valence-electron chi connectivity index (χ3n) is 5.92. The molecular formula is C30H25N3O2. The van der Waals surface area contributed by atoms with E-state index in [0.717, 1.165) is 33.3 Å². The van der Waals surface area contributed by atoms with Crippen LogP contribution >= 0.6 is 0 Å². The average molecular weight is 460 g/mol. The third-order valence-corrected chi connectivity index (χ3v) is 5.92. The molecule has 1 amide bonds. The van der Waals surface area contributed by atoms with Crippen molar-refractivity contribution in [1.29, 1.82) is 0 Å². The Morgan fingerprint density at radius 3 is 2.26 bits per heavy atom. The molecule has 0 spiro atoms. The Hall–Kier alpha value is -4.64. The van der Waals surface area contributed by atoms with E-state index in [1.165, 1.54) is 6.21 Å². The molecule has 1 heterocycles. The normalized spacial score (nSPS) is 11.2. The van der Waals surface area contributed by atoms with Crippen LogP contribution in [0.15, 0.2) is 114 Å². The molecule has 2 N–H and O–H groups in total. The molecular weight excluding hydrogens is 434 g/mol. The number of hydrazone groups is 1. The first kappa shape index (κ1) is 22.2. The second-order valence-corrected chi connectivity index (χ2v) is 8.26. The van der Waals surface area contributed by atoms with Crippen LogP contribution in [0.3, 0.4) is 0 Å². The van der Waals surface area contributed by atoms with E-state index in [1.807, 2.05) is 42.5 Å². The highest BCUT2D eigenvalue weighted by Crippen LogP contribution is 2.40. The number of nitrogens with one attached hydrogen (secondary N) is 1. The van der Waals surface area contributed by atoms with Crippen LogP contribution in [0.5, 0.6) is 5.75 Å². The molecule has 0 saturated heterocycles. The standard InChI is InChI=1S/C30H25N3O2/c34-25-15-9-10-22(20-25)21-31-32-28(35)18-19-33-27-17-8-7-16-26(27)29(23-11-3-1-4-12-23)30(33)24-13-5-2-6-14-24/h1-17,20-21,34H,18-19H2,(H,32,35). The highest BCUT2D eigenvalue weighted by atomic mass is 16.3. The number of hydrogen-bond donors (Lipinski definition) is 2. The predicted molar refractivity (Wildman–Crippen MR) is 141 cm³/mol. The lowest BCUT2D eigenvalue weighted by atomic mass is 9.98. The first-order valence-electron chi connectivity index (χ1n) is 11.5. The Bertz CT molecular complexity index is 1490. The summed E-state index contributed by atoms with van der Waals surface area (Å²) in [7, 11) is 0. The van der Waals surface area contributed by atoms with Crippen molar-refractivity contribution in [2.75, 3.05) is 0 Å². The van der Waals surface area contributed by atoms with Gasteiger partial charge in [-0.05, 0) is 34.9 Å². The van der Waals surface area contributed by atoms with Crippen molar-refractivity contribution in [1.82, 2.24) is 9.99 Å². The fourth-order valence-electron chi connectivity index (χ4n) is 4.38. The monoisotopic (exact) mass is 459 g/mol. The number of aryl methyl sites for hydroxylation is 1. The number of hydrogen-bond acceptors (Lipinski definition) is 3. The number of phenols is 1. The van der Waals surface area contributed by atoms with Crippen molar-refractivity contribution in [2.24, 2.45) is 5.10 Å². The molecule has 0 aliphatic heterocycles. The minimum Gasteiger partial charge on any atom is -0.508 e. The second-order valence-electron chi connectivity index (χ2n) is 8.26. The number of carbonyl (C=O) groups excluding carboxylic acids is 1. The van der Waals surface area contributed by atoms with Crippen LogP contribution in [-0.4, -0.2) is 21.8 Å². The summed E-state index contributed by atoms with van der Waals surface area (Å²) in [5.41, 5.74) is 8.89. The maximum atomic E-state index is 12.6. The summed E-state index contributed by atoms with van der Waals surface area (Å²) in [6.07, 6.45) is 1.79. The largest absolute Gasteiger partial charge is 0.508 e. The van der Waals surface area contributed by atoms with Crippen molar-refractivity contribution in [2.45, 2.75) is 13.0 Å². The number of aromatic hydroxyl groups is 1. The molecule has 0 unspecified atom stereocenters. The summed E-state index contributed by atoms with van der Waals surface area (Å²) in [6.45, 7) is 0.505. The molecule has 0 aliphatic rings. The topological polar surface area (TPSA) is 66.6 Å². The van der Waals surface area contributed by atoms with Gasteiger partial charge < -0.3 is 9.67 Å². The minimum atomic E-state index is -0.181. The van der Waals surface area contributed by atoms with E-state index in [0.29, 0.717) is 12.1 Å². The quantitative estimate of drug-likeness (QED) is 0.224. The van der Waals surface area contributed by atoms with Crippen LogP contribution in [0, 0.1) is 0 Å². The predicted octanol–water partition coefficient (Wildman–Crippen LogP) is 6.22. The fraction of sp³-hybridized carbons (Fsp3) is 0.0667. The van der Waals surface area contributed by atoms with E-state index >= 15 is 0 Å².